The topological polar surface area (TPSA) is 102 Å². The third kappa shape index (κ3) is 4.87. The third-order valence-corrected chi connectivity index (χ3v) is 4.38. The van der Waals surface area contributed by atoms with Crippen LogP contribution in [0, 0.1) is 5.82 Å². The molecule has 146 valence electrons. The fourth-order valence-corrected chi connectivity index (χ4v) is 2.82. The molecule has 2 heterocycles. The maximum absolute atomic E-state index is 13.1. The Labute approximate surface area is 168 Å². The Morgan fingerprint density at radius 2 is 1.93 bits per heavy atom. The zero-order chi connectivity index (χ0) is 20.3. The van der Waals surface area contributed by atoms with Crippen LogP contribution in [0.25, 0.3) is 0 Å². The minimum absolute atomic E-state index is 0.0493. The van der Waals surface area contributed by atoms with Crippen LogP contribution in [0.4, 0.5) is 10.2 Å². The highest BCUT2D eigenvalue weighted by Crippen LogP contribution is 2.23. The molecule has 2 N–H and O–H groups in total. The molecule has 0 saturated heterocycles. The van der Waals surface area contributed by atoms with Gasteiger partial charge in [0.2, 0.25) is 5.91 Å². The van der Waals surface area contributed by atoms with Gasteiger partial charge in [-0.1, -0.05) is 29.3 Å². The number of rotatable bonds is 7. The molecule has 1 amide bonds. The molecule has 8 nitrogen and oxygen atoms in total. The smallest absolute Gasteiger partial charge is 0.356 e. The van der Waals surface area contributed by atoms with Gasteiger partial charge in [0.1, 0.15) is 10.8 Å². The lowest BCUT2D eigenvalue weighted by molar-refractivity contribution is -0.116. The van der Waals surface area contributed by atoms with E-state index in [1.54, 1.807) is 6.07 Å². The lowest BCUT2D eigenvalue weighted by Gasteiger charge is -2.05. The monoisotopic (exact) mass is 425 g/mol. The second-order valence-electron chi connectivity index (χ2n) is 5.83. The molecule has 0 unspecified atom stereocenters. The van der Waals surface area contributed by atoms with Crippen LogP contribution in [0.5, 0.6) is 0 Å². The van der Waals surface area contributed by atoms with E-state index in [0.717, 1.165) is 0 Å². The number of hydrogen-bond donors (Lipinski definition) is 2. The molecule has 0 aliphatic carbocycles. The number of nitrogens with zero attached hydrogens (tertiary/aromatic N) is 4. The number of benzene rings is 1. The first-order chi connectivity index (χ1) is 13.3. The van der Waals surface area contributed by atoms with Crippen LogP contribution >= 0.6 is 23.2 Å². The average molecular weight is 426 g/mol. The normalized spacial score (nSPS) is 10.8. The van der Waals surface area contributed by atoms with Gasteiger partial charge >= 0.3 is 5.97 Å². The predicted octanol–water partition coefficient (Wildman–Crippen LogP) is 3.30. The number of anilines is 1. The summed E-state index contributed by atoms with van der Waals surface area (Å²) in [6.45, 7) is 0.447. The number of hydrogen-bond acceptors (Lipinski definition) is 4. The number of carbonyl (C=O) groups excluding carboxylic acids is 1. The summed E-state index contributed by atoms with van der Waals surface area (Å²) in [4.78, 5) is 22.9. The molecule has 0 aliphatic rings. The first-order valence-electron chi connectivity index (χ1n) is 8.05. The summed E-state index contributed by atoms with van der Waals surface area (Å²) in [5.74, 6) is -1.76. The van der Waals surface area contributed by atoms with Gasteiger partial charge in [-0.2, -0.15) is 10.2 Å². The van der Waals surface area contributed by atoms with Crippen molar-refractivity contribution in [3.8, 4) is 0 Å². The third-order valence-electron chi connectivity index (χ3n) is 3.75. The SMILES string of the molecule is O=C(CCn1ccc(C(=O)O)n1)Nc1nn(Cc2ccc(F)cc2Cl)cc1Cl. The van der Waals surface area contributed by atoms with E-state index in [1.807, 2.05) is 0 Å². The number of aromatic nitrogens is 4. The van der Waals surface area contributed by atoms with Gasteiger partial charge in [-0.15, -0.1) is 0 Å². The van der Waals surface area contributed by atoms with Crippen molar-refractivity contribution >= 4 is 40.9 Å². The highest BCUT2D eigenvalue weighted by atomic mass is 35.5. The Morgan fingerprint density at radius 1 is 1.14 bits per heavy atom. The summed E-state index contributed by atoms with van der Waals surface area (Å²) in [5.41, 5.74) is 0.551. The molecule has 28 heavy (non-hydrogen) atoms. The van der Waals surface area contributed by atoms with Crippen LogP contribution in [0.2, 0.25) is 10.0 Å². The molecule has 0 aliphatic heterocycles. The Morgan fingerprint density at radius 3 is 2.61 bits per heavy atom. The molecule has 0 atom stereocenters. The largest absolute Gasteiger partial charge is 0.476 e. The van der Waals surface area contributed by atoms with E-state index in [9.17, 15) is 14.0 Å². The molecule has 0 spiro atoms. The molecule has 2 aromatic heterocycles. The standard InChI is InChI=1S/C17H14Cl2FN5O3/c18-12-7-11(20)2-1-10(12)8-25-9-13(19)16(23-25)21-15(26)4-6-24-5-3-14(22-24)17(27)28/h1-3,5,7,9H,4,6,8H2,(H,27,28)(H,21,23,26). The van der Waals surface area contributed by atoms with Crippen molar-refractivity contribution in [1.29, 1.82) is 0 Å². The molecule has 0 radical (unpaired) electrons. The fourth-order valence-electron chi connectivity index (χ4n) is 2.40. The van der Waals surface area contributed by atoms with Gasteiger partial charge in [0.05, 0.1) is 6.54 Å². The molecule has 3 aromatic rings. The van der Waals surface area contributed by atoms with E-state index >= 15 is 0 Å². The first-order valence-corrected chi connectivity index (χ1v) is 8.81. The number of carboxylic acid groups (broad SMARTS) is 1. The van der Waals surface area contributed by atoms with Gasteiger partial charge in [-0.3, -0.25) is 14.2 Å². The number of aromatic carboxylic acids is 1. The van der Waals surface area contributed by atoms with E-state index in [4.69, 9.17) is 28.3 Å². The summed E-state index contributed by atoms with van der Waals surface area (Å²) in [6.07, 6.45) is 3.04. The Hall–Kier alpha value is -2.91. The number of nitrogens with one attached hydrogen (secondary N) is 1. The summed E-state index contributed by atoms with van der Waals surface area (Å²) in [7, 11) is 0. The summed E-state index contributed by atoms with van der Waals surface area (Å²) in [6, 6.07) is 5.39. The molecule has 0 bridgehead atoms. The van der Waals surface area contributed by atoms with E-state index in [-0.39, 0.29) is 47.0 Å². The van der Waals surface area contributed by atoms with Crippen molar-refractivity contribution in [3.63, 3.8) is 0 Å². The van der Waals surface area contributed by atoms with E-state index in [2.05, 4.69) is 15.5 Å². The van der Waals surface area contributed by atoms with Gasteiger partial charge in [-0.05, 0) is 23.8 Å². The number of aryl methyl sites for hydroxylation is 1. The minimum atomic E-state index is -1.14. The van der Waals surface area contributed by atoms with Gasteiger partial charge in [-0.25, -0.2) is 9.18 Å². The lowest BCUT2D eigenvalue weighted by atomic mass is 10.2. The molecule has 1 aromatic carbocycles. The summed E-state index contributed by atoms with van der Waals surface area (Å²) < 4.78 is 16.0. The lowest BCUT2D eigenvalue weighted by Crippen LogP contribution is -2.16. The van der Waals surface area contributed by atoms with Crippen LogP contribution in [-0.2, 0) is 17.9 Å². The van der Waals surface area contributed by atoms with Crippen molar-refractivity contribution in [2.24, 2.45) is 0 Å². The molecular formula is C17H14Cl2FN5O3. The van der Waals surface area contributed by atoms with Crippen LogP contribution in [0.3, 0.4) is 0 Å². The van der Waals surface area contributed by atoms with Crippen molar-refractivity contribution in [1.82, 2.24) is 19.6 Å². The molecule has 0 saturated carbocycles. The van der Waals surface area contributed by atoms with E-state index in [0.29, 0.717) is 5.56 Å². The maximum atomic E-state index is 13.1. The van der Waals surface area contributed by atoms with Crippen molar-refractivity contribution < 1.29 is 19.1 Å². The highest BCUT2D eigenvalue weighted by molar-refractivity contribution is 6.33. The van der Waals surface area contributed by atoms with Gasteiger partial charge < -0.3 is 10.4 Å². The maximum Gasteiger partial charge on any atom is 0.356 e. The number of carboxylic acids is 1. The molecule has 11 heteroatoms. The van der Waals surface area contributed by atoms with Gasteiger partial charge in [0, 0.05) is 30.4 Å². The quantitative estimate of drug-likeness (QED) is 0.604. The van der Waals surface area contributed by atoms with E-state index < -0.39 is 11.8 Å². The Balaban J connectivity index is 1.59. The molecule has 3 rings (SSSR count). The minimum Gasteiger partial charge on any atom is -0.476 e. The Bertz CT molecular complexity index is 1030. The predicted molar refractivity (Wildman–Crippen MR) is 100 cm³/mol. The summed E-state index contributed by atoms with van der Waals surface area (Å²) in [5, 5.41) is 19.9. The number of carbonyl (C=O) groups is 2. The molecule has 0 fully saturated rings. The zero-order valence-electron chi connectivity index (χ0n) is 14.3. The second kappa shape index (κ2) is 8.41. The van der Waals surface area contributed by atoms with Crippen LogP contribution in [0.1, 0.15) is 22.5 Å². The van der Waals surface area contributed by atoms with Gasteiger partial charge in [0.25, 0.3) is 0 Å². The second-order valence-corrected chi connectivity index (χ2v) is 6.64. The van der Waals surface area contributed by atoms with E-state index in [1.165, 1.54) is 40.0 Å². The first kappa shape index (κ1) is 19.8. The Kier molecular flexibility index (Phi) is 5.96. The fraction of sp³-hybridized carbons (Fsp3) is 0.176. The summed E-state index contributed by atoms with van der Waals surface area (Å²) >= 11 is 12.1. The van der Waals surface area contributed by atoms with Crippen molar-refractivity contribution in [2.75, 3.05) is 5.32 Å². The van der Waals surface area contributed by atoms with Crippen molar-refractivity contribution in [2.45, 2.75) is 19.5 Å². The zero-order valence-corrected chi connectivity index (χ0v) is 15.8. The number of amides is 1. The van der Waals surface area contributed by atoms with Crippen LogP contribution in [-0.4, -0.2) is 36.5 Å². The average Bonchev–Trinajstić information content (AvgIpc) is 3.23. The number of halogens is 3. The van der Waals surface area contributed by atoms with Gasteiger partial charge in [0.15, 0.2) is 11.5 Å². The van der Waals surface area contributed by atoms with Crippen LogP contribution < -0.4 is 5.32 Å². The highest BCUT2D eigenvalue weighted by Gasteiger charge is 2.13. The van der Waals surface area contributed by atoms with Crippen LogP contribution in [0.15, 0.2) is 36.7 Å². The van der Waals surface area contributed by atoms with Crippen molar-refractivity contribution in [3.05, 3.63) is 63.8 Å². The molecular weight excluding hydrogens is 412 g/mol.